The van der Waals surface area contributed by atoms with Crippen LogP contribution in [0, 0.1) is 5.92 Å². The minimum atomic E-state index is 0.349. The fourth-order valence-corrected chi connectivity index (χ4v) is 3.74. The third-order valence-corrected chi connectivity index (χ3v) is 4.50. The van der Waals surface area contributed by atoms with Gasteiger partial charge in [0.2, 0.25) is 0 Å². The number of pyridine rings is 1. The standard InChI is InChI=1S/C13H16BrNOS/c14-12-5-11(8-15-9-12)7-13(16)6-10-1-3-17-4-2-10/h5,8-10H,1-4,6-7H2. The van der Waals surface area contributed by atoms with E-state index in [0.717, 1.165) is 16.5 Å². The highest BCUT2D eigenvalue weighted by Crippen LogP contribution is 2.25. The Hall–Kier alpha value is -0.350. The fourth-order valence-electron chi connectivity index (χ4n) is 2.12. The molecule has 17 heavy (non-hydrogen) atoms. The lowest BCUT2D eigenvalue weighted by atomic mass is 9.94. The van der Waals surface area contributed by atoms with Crippen LogP contribution >= 0.6 is 27.7 Å². The third-order valence-electron chi connectivity index (χ3n) is 3.02. The van der Waals surface area contributed by atoms with Gasteiger partial charge in [-0.2, -0.15) is 11.8 Å². The zero-order valence-electron chi connectivity index (χ0n) is 9.69. The van der Waals surface area contributed by atoms with Crippen LogP contribution in [-0.4, -0.2) is 22.3 Å². The zero-order chi connectivity index (χ0) is 12.1. The molecule has 0 saturated carbocycles. The molecular formula is C13H16BrNOS. The van der Waals surface area contributed by atoms with E-state index < -0.39 is 0 Å². The number of hydrogen-bond donors (Lipinski definition) is 0. The molecule has 0 radical (unpaired) electrons. The molecule has 1 fully saturated rings. The van der Waals surface area contributed by atoms with Crippen LogP contribution in [-0.2, 0) is 11.2 Å². The molecule has 1 aliphatic heterocycles. The normalized spacial score (nSPS) is 17.0. The van der Waals surface area contributed by atoms with Gasteiger partial charge in [0.25, 0.3) is 0 Å². The van der Waals surface area contributed by atoms with Crippen molar-refractivity contribution < 1.29 is 4.79 Å². The van der Waals surface area contributed by atoms with E-state index in [2.05, 4.69) is 20.9 Å². The number of hydrogen-bond acceptors (Lipinski definition) is 3. The van der Waals surface area contributed by atoms with Gasteiger partial charge < -0.3 is 0 Å². The van der Waals surface area contributed by atoms with Crippen LogP contribution in [0.3, 0.4) is 0 Å². The van der Waals surface area contributed by atoms with Crippen molar-refractivity contribution in [2.24, 2.45) is 5.92 Å². The summed E-state index contributed by atoms with van der Waals surface area (Å²) in [4.78, 5) is 16.0. The molecule has 2 rings (SSSR count). The van der Waals surface area contributed by atoms with E-state index in [1.54, 1.807) is 12.4 Å². The van der Waals surface area contributed by atoms with Gasteiger partial charge in [-0.05, 0) is 57.8 Å². The highest BCUT2D eigenvalue weighted by molar-refractivity contribution is 9.10. The smallest absolute Gasteiger partial charge is 0.137 e. The SMILES string of the molecule is O=C(Cc1cncc(Br)c1)CC1CCSCC1. The largest absolute Gasteiger partial charge is 0.299 e. The molecule has 4 heteroatoms. The van der Waals surface area contributed by atoms with Gasteiger partial charge >= 0.3 is 0 Å². The minimum absolute atomic E-state index is 0.349. The summed E-state index contributed by atoms with van der Waals surface area (Å²) in [5.74, 6) is 3.40. The number of nitrogens with zero attached hydrogens (tertiary/aromatic N) is 1. The number of ketones is 1. The first-order valence-corrected chi connectivity index (χ1v) is 7.87. The fraction of sp³-hybridized carbons (Fsp3) is 0.538. The van der Waals surface area contributed by atoms with Crippen LogP contribution in [0.25, 0.3) is 0 Å². The van der Waals surface area contributed by atoms with Crippen molar-refractivity contribution in [3.63, 3.8) is 0 Å². The van der Waals surface area contributed by atoms with Gasteiger partial charge in [-0.25, -0.2) is 0 Å². The summed E-state index contributed by atoms with van der Waals surface area (Å²) >= 11 is 5.38. The minimum Gasteiger partial charge on any atom is -0.299 e. The molecule has 1 saturated heterocycles. The summed E-state index contributed by atoms with van der Waals surface area (Å²) < 4.78 is 0.942. The molecule has 2 heterocycles. The maximum absolute atomic E-state index is 11.9. The number of halogens is 1. The first-order chi connectivity index (χ1) is 8.24. The number of aromatic nitrogens is 1. The Morgan fingerprint density at radius 3 is 2.88 bits per heavy atom. The molecule has 1 aromatic rings. The number of carbonyl (C=O) groups excluding carboxylic acids is 1. The van der Waals surface area contributed by atoms with Gasteiger partial charge in [-0.3, -0.25) is 9.78 Å². The molecule has 0 atom stereocenters. The predicted molar refractivity (Wildman–Crippen MR) is 75.3 cm³/mol. The summed E-state index contributed by atoms with van der Waals surface area (Å²) in [6.45, 7) is 0. The number of Topliss-reactive ketones (excluding diaryl/α,β-unsaturated/α-hetero) is 1. The average molecular weight is 314 g/mol. The summed E-state index contributed by atoms with van der Waals surface area (Å²) in [6, 6.07) is 1.97. The van der Waals surface area contributed by atoms with Crippen LogP contribution in [0.1, 0.15) is 24.8 Å². The first kappa shape index (κ1) is 13.1. The van der Waals surface area contributed by atoms with E-state index in [4.69, 9.17) is 0 Å². The van der Waals surface area contributed by atoms with Crippen molar-refractivity contribution in [2.45, 2.75) is 25.7 Å². The lowest BCUT2D eigenvalue weighted by Gasteiger charge is -2.20. The quantitative estimate of drug-likeness (QED) is 0.852. The molecule has 0 aromatic carbocycles. The van der Waals surface area contributed by atoms with Gasteiger partial charge in [0.1, 0.15) is 5.78 Å². The van der Waals surface area contributed by atoms with E-state index in [1.807, 2.05) is 17.8 Å². The Bertz CT molecular complexity index is 391. The molecule has 0 unspecified atom stereocenters. The Labute approximate surface area is 115 Å². The molecule has 0 N–H and O–H groups in total. The summed E-state index contributed by atoms with van der Waals surface area (Å²) in [7, 11) is 0. The molecule has 0 spiro atoms. The molecule has 2 nitrogen and oxygen atoms in total. The van der Waals surface area contributed by atoms with E-state index in [9.17, 15) is 4.79 Å². The number of thioether (sulfide) groups is 1. The topological polar surface area (TPSA) is 30.0 Å². The van der Waals surface area contributed by atoms with Crippen LogP contribution in [0.15, 0.2) is 22.9 Å². The maximum Gasteiger partial charge on any atom is 0.137 e. The maximum atomic E-state index is 11.9. The van der Waals surface area contributed by atoms with Gasteiger partial charge in [-0.1, -0.05) is 0 Å². The van der Waals surface area contributed by atoms with Gasteiger partial charge in [0, 0.05) is 29.7 Å². The van der Waals surface area contributed by atoms with E-state index in [0.29, 0.717) is 18.1 Å². The summed E-state index contributed by atoms with van der Waals surface area (Å²) in [5.41, 5.74) is 1.01. The van der Waals surface area contributed by atoms with Crippen molar-refractivity contribution >= 4 is 33.5 Å². The molecular weight excluding hydrogens is 298 g/mol. The van der Waals surface area contributed by atoms with Crippen molar-refractivity contribution in [2.75, 3.05) is 11.5 Å². The molecule has 1 aliphatic rings. The summed E-state index contributed by atoms with van der Waals surface area (Å²) in [5, 5.41) is 0. The van der Waals surface area contributed by atoms with E-state index >= 15 is 0 Å². The lowest BCUT2D eigenvalue weighted by Crippen LogP contribution is -2.15. The van der Waals surface area contributed by atoms with Crippen molar-refractivity contribution in [1.82, 2.24) is 4.98 Å². The zero-order valence-corrected chi connectivity index (χ0v) is 12.1. The first-order valence-electron chi connectivity index (χ1n) is 5.93. The Morgan fingerprint density at radius 1 is 1.41 bits per heavy atom. The summed E-state index contributed by atoms with van der Waals surface area (Å²) in [6.07, 6.45) is 7.19. The molecule has 92 valence electrons. The Kier molecular flexibility index (Phi) is 5.04. The Morgan fingerprint density at radius 2 is 2.18 bits per heavy atom. The van der Waals surface area contributed by atoms with Crippen molar-refractivity contribution in [3.8, 4) is 0 Å². The molecule has 1 aromatic heterocycles. The van der Waals surface area contributed by atoms with Gasteiger partial charge in [0.15, 0.2) is 0 Å². The van der Waals surface area contributed by atoms with Gasteiger partial charge in [0.05, 0.1) is 0 Å². The van der Waals surface area contributed by atoms with Crippen molar-refractivity contribution in [1.29, 1.82) is 0 Å². The van der Waals surface area contributed by atoms with E-state index in [1.165, 1.54) is 24.3 Å². The molecule has 0 aliphatic carbocycles. The van der Waals surface area contributed by atoms with Crippen LogP contribution in [0.5, 0.6) is 0 Å². The second kappa shape index (κ2) is 6.55. The van der Waals surface area contributed by atoms with Crippen LogP contribution in [0.4, 0.5) is 0 Å². The number of carbonyl (C=O) groups is 1. The van der Waals surface area contributed by atoms with Crippen LogP contribution < -0.4 is 0 Å². The molecule has 0 amide bonds. The monoisotopic (exact) mass is 313 g/mol. The second-order valence-corrected chi connectivity index (χ2v) is 6.63. The average Bonchev–Trinajstić information content (AvgIpc) is 2.30. The third kappa shape index (κ3) is 4.43. The predicted octanol–water partition coefficient (Wildman–Crippen LogP) is 3.49. The van der Waals surface area contributed by atoms with Gasteiger partial charge in [-0.15, -0.1) is 0 Å². The molecule has 0 bridgehead atoms. The van der Waals surface area contributed by atoms with Crippen LogP contribution in [0.2, 0.25) is 0 Å². The second-order valence-electron chi connectivity index (χ2n) is 4.49. The highest BCUT2D eigenvalue weighted by Gasteiger charge is 2.17. The number of rotatable bonds is 4. The van der Waals surface area contributed by atoms with Crippen molar-refractivity contribution in [3.05, 3.63) is 28.5 Å². The Balaban J connectivity index is 1.84. The highest BCUT2D eigenvalue weighted by atomic mass is 79.9. The lowest BCUT2D eigenvalue weighted by molar-refractivity contribution is -0.119. The van der Waals surface area contributed by atoms with E-state index in [-0.39, 0.29) is 0 Å².